The number of nitrogens with zero attached hydrogens (tertiary/aromatic N) is 8. The molecule has 0 bridgehead atoms. The van der Waals surface area contributed by atoms with Crippen molar-refractivity contribution in [3.63, 3.8) is 0 Å². The lowest BCUT2D eigenvalue weighted by molar-refractivity contribution is -0.150. The molecule has 3 aromatic carbocycles. The van der Waals surface area contributed by atoms with E-state index in [0.717, 1.165) is 16.7 Å². The van der Waals surface area contributed by atoms with Crippen molar-refractivity contribution in [2.75, 3.05) is 45.6 Å². The Hall–Kier alpha value is -6.54. The summed E-state index contributed by atoms with van der Waals surface area (Å²) in [4.78, 5) is 37.9. The fourth-order valence-corrected chi connectivity index (χ4v) is 9.61. The normalized spacial score (nSPS) is 22.0. The molecule has 0 aliphatic carbocycles. The first-order valence-electron chi connectivity index (χ1n) is 20.7. The van der Waals surface area contributed by atoms with Gasteiger partial charge in [-0.1, -0.05) is 54.6 Å². The molecule has 0 spiro atoms. The number of rotatable bonds is 16. The van der Waals surface area contributed by atoms with E-state index < -0.39 is 56.0 Å². The summed E-state index contributed by atoms with van der Waals surface area (Å²) in [7, 11) is -0.724. The van der Waals surface area contributed by atoms with Crippen LogP contribution in [0.3, 0.4) is 0 Å². The van der Waals surface area contributed by atoms with Gasteiger partial charge in [0.1, 0.15) is 71.6 Å². The number of esters is 1. The van der Waals surface area contributed by atoms with Gasteiger partial charge >= 0.3 is 13.6 Å². The molecule has 6 heterocycles. The van der Waals surface area contributed by atoms with Crippen LogP contribution in [0.25, 0.3) is 22.3 Å². The molecule has 7 aromatic rings. The second kappa shape index (κ2) is 18.1. The average Bonchev–Trinajstić information content (AvgIpc) is 4.12. The molecule has 2 saturated heterocycles. The van der Waals surface area contributed by atoms with E-state index in [1.165, 1.54) is 32.6 Å². The molecule has 2 fully saturated rings. The van der Waals surface area contributed by atoms with E-state index in [9.17, 15) is 9.36 Å². The van der Waals surface area contributed by atoms with Crippen LogP contribution < -0.4 is 20.9 Å². The molecular formula is C44H47N10O10P. The highest BCUT2D eigenvalue weighted by atomic mass is 31.2. The lowest BCUT2D eigenvalue weighted by Crippen LogP contribution is -2.38. The zero-order chi connectivity index (χ0) is 45.3. The monoisotopic (exact) mass is 906 g/mol. The van der Waals surface area contributed by atoms with Crippen molar-refractivity contribution in [3.05, 3.63) is 121 Å². The van der Waals surface area contributed by atoms with Crippen LogP contribution in [0.2, 0.25) is 0 Å². The number of benzene rings is 3. The Bertz CT molecular complexity index is 2780. The van der Waals surface area contributed by atoms with E-state index in [-0.39, 0.29) is 37.7 Å². The summed E-state index contributed by atoms with van der Waals surface area (Å²) in [6, 6.07) is 25.1. The Kier molecular flexibility index (Phi) is 12.2. The fraction of sp³-hybridized carbons (Fsp3) is 0.341. The minimum atomic E-state index is -3.94. The first-order valence-corrected chi connectivity index (χ1v) is 22.7. The molecular weight excluding hydrogens is 860 g/mol. The second-order valence-corrected chi connectivity index (χ2v) is 17.6. The SMILES string of the molecule is COc1ccc(C(OC[C@H]2O[C@@H](n3cnc4c(N)ncnc43)C[C@@H]2OP(C)(=O)OC[C@H]2O[C@@H](n3cnc4c(N)ncnc43)C[C@@H]2OC(C)=O)(c2ccccc2)c2ccc(OC)cc2)cc1. The van der Waals surface area contributed by atoms with Gasteiger partial charge in [0.05, 0.1) is 46.2 Å². The van der Waals surface area contributed by atoms with E-state index >= 15 is 0 Å². The van der Waals surface area contributed by atoms with Gasteiger partial charge in [0.2, 0.25) is 0 Å². The number of hydrogen-bond acceptors (Lipinski definition) is 18. The summed E-state index contributed by atoms with van der Waals surface area (Å²) in [5, 5.41) is 0. The molecule has 9 rings (SSSR count). The van der Waals surface area contributed by atoms with E-state index in [1.54, 1.807) is 29.7 Å². The van der Waals surface area contributed by atoms with Crippen molar-refractivity contribution in [2.24, 2.45) is 0 Å². The number of aromatic nitrogens is 8. The number of carbonyl (C=O) groups excluding carboxylic acids is 1. The molecule has 7 atom stereocenters. The molecule has 4 N–H and O–H groups in total. The van der Waals surface area contributed by atoms with Gasteiger partial charge < -0.3 is 48.9 Å². The summed E-state index contributed by atoms with van der Waals surface area (Å²) in [5.41, 5.74) is 15.1. The largest absolute Gasteiger partial charge is 0.497 e. The standard InChI is InChI=1S/C44H47N10O10P/c1-26(55)61-32-18-36(53-24-51-38-40(45)47-22-49-42(38)53)63-35(32)21-60-65(4,56)64-33-19-37(54-25-52-39-41(46)48-23-50-43(39)54)62-34(33)20-59-44(27-8-6-5-7-9-27,28-10-14-30(57-2)15-11-28)29-12-16-31(58-3)17-13-29/h5-17,22-25,32-37H,18-21H2,1-4H3,(H2,45,47,49)(H2,46,48,50)/t32-,33-,34+,35+,36+,37+,65?/m0/s1. The number of carbonyl (C=O) groups is 1. The van der Waals surface area contributed by atoms with Gasteiger partial charge in [0.25, 0.3) is 0 Å². The maximum atomic E-state index is 14.5. The topological polar surface area (TPSA) is 247 Å². The predicted molar refractivity (Wildman–Crippen MR) is 235 cm³/mol. The summed E-state index contributed by atoms with van der Waals surface area (Å²) in [6.45, 7) is 2.36. The van der Waals surface area contributed by atoms with Crippen LogP contribution in [0.4, 0.5) is 11.6 Å². The molecule has 4 aromatic heterocycles. The number of methoxy groups -OCH3 is 2. The number of nitrogens with two attached hydrogens (primary N) is 2. The van der Waals surface area contributed by atoms with Gasteiger partial charge in [-0.25, -0.2) is 29.9 Å². The Labute approximate surface area is 372 Å². The van der Waals surface area contributed by atoms with Gasteiger partial charge in [0, 0.05) is 26.4 Å². The molecule has 0 amide bonds. The number of anilines is 2. The second-order valence-electron chi connectivity index (χ2n) is 15.6. The van der Waals surface area contributed by atoms with Crippen molar-refractivity contribution < 1.29 is 46.8 Å². The van der Waals surface area contributed by atoms with Crippen LogP contribution >= 0.6 is 7.60 Å². The van der Waals surface area contributed by atoms with Crippen molar-refractivity contribution in [1.29, 1.82) is 0 Å². The Morgan fingerprint density at radius 1 is 0.708 bits per heavy atom. The minimum Gasteiger partial charge on any atom is -0.497 e. The smallest absolute Gasteiger partial charge is 0.328 e. The lowest BCUT2D eigenvalue weighted by Gasteiger charge is -2.37. The number of ether oxygens (including phenoxy) is 6. The first kappa shape index (κ1) is 43.7. The van der Waals surface area contributed by atoms with Crippen molar-refractivity contribution in [3.8, 4) is 11.5 Å². The summed E-state index contributed by atoms with van der Waals surface area (Å²) in [6.07, 6.45) is 1.51. The third-order valence-electron chi connectivity index (χ3n) is 11.5. The van der Waals surface area contributed by atoms with Crippen LogP contribution in [0.15, 0.2) is 104 Å². The fourth-order valence-electron chi connectivity index (χ4n) is 8.42. The van der Waals surface area contributed by atoms with Crippen molar-refractivity contribution in [1.82, 2.24) is 39.0 Å². The van der Waals surface area contributed by atoms with Gasteiger partial charge in [0.15, 0.2) is 22.9 Å². The summed E-state index contributed by atoms with van der Waals surface area (Å²) >= 11 is 0. The molecule has 2 aliphatic heterocycles. The summed E-state index contributed by atoms with van der Waals surface area (Å²) < 4.78 is 67.6. The van der Waals surface area contributed by atoms with E-state index in [2.05, 4.69) is 29.9 Å². The van der Waals surface area contributed by atoms with E-state index in [4.69, 9.17) is 48.9 Å². The summed E-state index contributed by atoms with van der Waals surface area (Å²) in [5.74, 6) is 1.24. The Morgan fingerprint density at radius 2 is 1.20 bits per heavy atom. The number of fused-ring (bicyclic) bond motifs is 2. The quantitative estimate of drug-likeness (QED) is 0.0681. The highest BCUT2D eigenvalue weighted by Crippen LogP contribution is 2.51. The molecule has 21 heteroatoms. The lowest BCUT2D eigenvalue weighted by atomic mass is 9.80. The number of imidazole rings is 2. The molecule has 2 aliphatic rings. The number of hydrogen-bond donors (Lipinski definition) is 2. The van der Waals surface area contributed by atoms with Gasteiger partial charge in [-0.15, -0.1) is 0 Å². The third kappa shape index (κ3) is 8.71. The molecule has 1 unspecified atom stereocenters. The molecule has 0 saturated carbocycles. The zero-order valence-corrected chi connectivity index (χ0v) is 36.8. The zero-order valence-electron chi connectivity index (χ0n) is 35.9. The van der Waals surface area contributed by atoms with Gasteiger partial charge in [-0.2, -0.15) is 0 Å². The molecule has 0 radical (unpaired) electrons. The van der Waals surface area contributed by atoms with Gasteiger partial charge in [-0.05, 0) is 41.0 Å². The first-order chi connectivity index (χ1) is 31.5. The van der Waals surface area contributed by atoms with E-state index in [0.29, 0.717) is 33.8 Å². The highest BCUT2D eigenvalue weighted by Gasteiger charge is 2.46. The van der Waals surface area contributed by atoms with Crippen molar-refractivity contribution in [2.45, 2.75) is 62.2 Å². The van der Waals surface area contributed by atoms with Crippen LogP contribution in [0.5, 0.6) is 11.5 Å². The maximum absolute atomic E-state index is 14.5. The molecule has 65 heavy (non-hydrogen) atoms. The van der Waals surface area contributed by atoms with Crippen LogP contribution in [-0.2, 0) is 43.0 Å². The van der Waals surface area contributed by atoms with E-state index in [1.807, 2.05) is 78.9 Å². The third-order valence-corrected chi connectivity index (χ3v) is 12.8. The predicted octanol–water partition coefficient (Wildman–Crippen LogP) is 5.59. The minimum absolute atomic E-state index is 0.0628. The molecule has 338 valence electrons. The number of nitrogen functional groups attached to an aromatic ring is 2. The van der Waals surface area contributed by atoms with Gasteiger partial charge in [-0.3, -0.25) is 18.5 Å². The Morgan fingerprint density at radius 3 is 1.71 bits per heavy atom. The van der Waals surface area contributed by atoms with Crippen LogP contribution in [-0.4, -0.2) is 104 Å². The average molecular weight is 907 g/mol. The highest BCUT2D eigenvalue weighted by molar-refractivity contribution is 7.53. The Balaban J connectivity index is 1.02. The molecule has 20 nitrogen and oxygen atoms in total. The van der Waals surface area contributed by atoms with Crippen LogP contribution in [0.1, 0.15) is 48.9 Å². The van der Waals surface area contributed by atoms with Crippen molar-refractivity contribution >= 4 is 47.5 Å². The van der Waals surface area contributed by atoms with Crippen LogP contribution in [0, 0.1) is 0 Å². The maximum Gasteiger partial charge on any atom is 0.328 e.